The number of aliphatic hydroxyl groups excluding tert-OH is 1. The molecule has 5 nitrogen and oxygen atoms in total. The zero-order chi connectivity index (χ0) is 17.1. The lowest BCUT2D eigenvalue weighted by atomic mass is 10.3. The van der Waals surface area contributed by atoms with Crippen LogP contribution < -0.4 is 15.0 Å². The Morgan fingerprint density at radius 1 is 1.17 bits per heavy atom. The minimum absolute atomic E-state index is 0.0275. The Kier molecular flexibility index (Phi) is 5.14. The molecule has 0 aliphatic heterocycles. The van der Waals surface area contributed by atoms with Crippen molar-refractivity contribution in [1.29, 1.82) is 0 Å². The Hall–Kier alpha value is -1.95. The maximum absolute atomic E-state index is 9.25. The molecule has 0 radical (unpaired) electrons. The molecular formula is C17H18Cl2N3O2+. The van der Waals surface area contributed by atoms with Gasteiger partial charge in [0, 0.05) is 5.02 Å². The van der Waals surface area contributed by atoms with Gasteiger partial charge in [-0.15, -0.1) is 0 Å². The molecular weight excluding hydrogens is 349 g/mol. The number of nitrogens with zero attached hydrogens (tertiary/aromatic N) is 2. The molecule has 3 aromatic rings. The number of hydrogen-bond donors (Lipinski definition) is 2. The monoisotopic (exact) mass is 366 g/mol. The van der Waals surface area contributed by atoms with Crippen molar-refractivity contribution in [2.45, 2.75) is 13.1 Å². The van der Waals surface area contributed by atoms with Crippen LogP contribution in [-0.4, -0.2) is 22.9 Å². The highest BCUT2D eigenvalue weighted by Crippen LogP contribution is 2.27. The van der Waals surface area contributed by atoms with Crippen LogP contribution in [0.3, 0.4) is 0 Å². The molecule has 3 N–H and O–H groups in total. The summed E-state index contributed by atoms with van der Waals surface area (Å²) in [4.78, 5) is 0. The molecule has 7 heteroatoms. The third-order valence-electron chi connectivity index (χ3n) is 3.81. The number of ether oxygens (including phenoxy) is 1. The number of rotatable bonds is 6. The van der Waals surface area contributed by atoms with Gasteiger partial charge < -0.3 is 9.84 Å². The number of imidazole rings is 1. The Balaban J connectivity index is 1.81. The summed E-state index contributed by atoms with van der Waals surface area (Å²) < 4.78 is 9.60. The Bertz CT molecular complexity index is 864. The number of hydrogen-bond acceptors (Lipinski definition) is 3. The van der Waals surface area contributed by atoms with Gasteiger partial charge in [-0.05, 0) is 30.3 Å². The van der Waals surface area contributed by atoms with E-state index in [0.717, 1.165) is 11.0 Å². The highest BCUT2D eigenvalue weighted by atomic mass is 35.5. The van der Waals surface area contributed by atoms with Gasteiger partial charge in [0.15, 0.2) is 0 Å². The first-order valence-corrected chi connectivity index (χ1v) is 8.32. The third-order valence-corrected chi connectivity index (χ3v) is 4.34. The number of benzene rings is 2. The maximum atomic E-state index is 9.25. The molecule has 0 bridgehead atoms. The van der Waals surface area contributed by atoms with E-state index in [-0.39, 0.29) is 6.61 Å². The predicted octanol–water partition coefficient (Wildman–Crippen LogP) is 2.89. The molecule has 126 valence electrons. The van der Waals surface area contributed by atoms with Crippen molar-refractivity contribution in [3.05, 3.63) is 52.5 Å². The van der Waals surface area contributed by atoms with Gasteiger partial charge in [-0.1, -0.05) is 35.3 Å². The zero-order valence-electron chi connectivity index (χ0n) is 13.0. The number of nitrogens with two attached hydrogens (primary N) is 1. The molecule has 0 unspecified atom stereocenters. The number of para-hydroxylation sites is 2. The largest absolute Gasteiger partial charge is 0.489 e. The first-order chi connectivity index (χ1) is 11.6. The van der Waals surface area contributed by atoms with Crippen LogP contribution in [0.25, 0.3) is 11.0 Å². The molecule has 0 atom stereocenters. The summed E-state index contributed by atoms with van der Waals surface area (Å²) in [6.07, 6.45) is 0. The number of aliphatic hydroxyl groups is 1. The fourth-order valence-corrected chi connectivity index (χ4v) is 3.19. The molecule has 3 rings (SSSR count). The van der Waals surface area contributed by atoms with Crippen molar-refractivity contribution >= 4 is 40.2 Å². The normalized spacial score (nSPS) is 11.1. The number of nitrogen functional groups attached to an aromatic ring is 1. The van der Waals surface area contributed by atoms with Crippen molar-refractivity contribution in [2.75, 3.05) is 18.9 Å². The van der Waals surface area contributed by atoms with Gasteiger partial charge in [0.2, 0.25) is 0 Å². The summed E-state index contributed by atoms with van der Waals surface area (Å²) in [6, 6.07) is 13.0. The molecule has 2 aromatic carbocycles. The molecule has 0 amide bonds. The molecule has 0 fully saturated rings. The van der Waals surface area contributed by atoms with Crippen molar-refractivity contribution in [3.8, 4) is 5.75 Å². The van der Waals surface area contributed by atoms with Crippen LogP contribution in [0.2, 0.25) is 10.0 Å². The Morgan fingerprint density at radius 3 is 2.71 bits per heavy atom. The van der Waals surface area contributed by atoms with Crippen LogP contribution in [0.5, 0.6) is 5.75 Å². The minimum atomic E-state index is 0.0275. The molecule has 24 heavy (non-hydrogen) atoms. The summed E-state index contributed by atoms with van der Waals surface area (Å²) in [5, 5.41) is 10.3. The van der Waals surface area contributed by atoms with E-state index in [9.17, 15) is 5.11 Å². The van der Waals surface area contributed by atoms with Gasteiger partial charge in [0.1, 0.15) is 29.9 Å². The van der Waals surface area contributed by atoms with E-state index in [4.69, 9.17) is 33.7 Å². The lowest BCUT2D eigenvalue weighted by Crippen LogP contribution is -2.38. The van der Waals surface area contributed by atoms with Gasteiger partial charge >= 0.3 is 5.95 Å². The average Bonchev–Trinajstić information content (AvgIpc) is 2.83. The Labute approximate surface area is 149 Å². The highest BCUT2D eigenvalue weighted by molar-refractivity contribution is 6.35. The van der Waals surface area contributed by atoms with Crippen molar-refractivity contribution in [1.82, 2.24) is 4.57 Å². The summed E-state index contributed by atoms with van der Waals surface area (Å²) in [5.41, 5.74) is 8.22. The lowest BCUT2D eigenvalue weighted by Gasteiger charge is -2.08. The number of anilines is 1. The molecule has 0 aliphatic rings. The second-order valence-corrected chi connectivity index (χ2v) is 6.14. The second kappa shape index (κ2) is 7.30. The predicted molar refractivity (Wildman–Crippen MR) is 95.6 cm³/mol. The SMILES string of the molecule is Nc1n(CCOc2ccc(Cl)cc2Cl)c2ccccc2[n+]1CCO. The van der Waals surface area contributed by atoms with E-state index in [1.165, 1.54) is 0 Å². The van der Waals surface area contributed by atoms with E-state index in [1.807, 2.05) is 33.4 Å². The van der Waals surface area contributed by atoms with E-state index in [0.29, 0.717) is 41.4 Å². The van der Waals surface area contributed by atoms with Crippen LogP contribution in [0, 0.1) is 0 Å². The van der Waals surface area contributed by atoms with Crippen molar-refractivity contribution < 1.29 is 14.4 Å². The van der Waals surface area contributed by atoms with Crippen LogP contribution in [-0.2, 0) is 13.1 Å². The Morgan fingerprint density at radius 2 is 1.96 bits per heavy atom. The maximum Gasteiger partial charge on any atom is 0.356 e. The molecule has 1 heterocycles. The summed E-state index contributed by atoms with van der Waals surface area (Å²) in [7, 11) is 0. The third kappa shape index (κ3) is 3.29. The summed E-state index contributed by atoms with van der Waals surface area (Å²) in [5.74, 6) is 1.16. The first kappa shape index (κ1) is 16.9. The molecule has 0 spiro atoms. The van der Waals surface area contributed by atoms with E-state index < -0.39 is 0 Å². The van der Waals surface area contributed by atoms with Gasteiger partial charge in [-0.3, -0.25) is 5.73 Å². The first-order valence-electron chi connectivity index (χ1n) is 7.57. The molecule has 0 saturated heterocycles. The minimum Gasteiger partial charge on any atom is -0.489 e. The molecule has 0 aliphatic carbocycles. The number of halogens is 2. The van der Waals surface area contributed by atoms with E-state index in [2.05, 4.69) is 0 Å². The zero-order valence-corrected chi connectivity index (χ0v) is 14.5. The van der Waals surface area contributed by atoms with Gasteiger partial charge in [0.25, 0.3) is 0 Å². The van der Waals surface area contributed by atoms with Crippen LogP contribution in [0.4, 0.5) is 5.95 Å². The number of fused-ring (bicyclic) bond motifs is 1. The summed E-state index contributed by atoms with van der Waals surface area (Å²) >= 11 is 12.0. The van der Waals surface area contributed by atoms with Crippen LogP contribution >= 0.6 is 23.2 Å². The fraction of sp³-hybridized carbons (Fsp3) is 0.235. The second-order valence-electron chi connectivity index (χ2n) is 5.30. The van der Waals surface area contributed by atoms with Crippen LogP contribution in [0.1, 0.15) is 0 Å². The van der Waals surface area contributed by atoms with E-state index in [1.54, 1.807) is 18.2 Å². The fourth-order valence-electron chi connectivity index (χ4n) is 2.72. The lowest BCUT2D eigenvalue weighted by molar-refractivity contribution is -0.658. The quantitative estimate of drug-likeness (QED) is 0.659. The molecule has 1 aromatic heterocycles. The van der Waals surface area contributed by atoms with Gasteiger partial charge in [0.05, 0.1) is 18.2 Å². The topological polar surface area (TPSA) is 64.3 Å². The number of aromatic nitrogens is 2. The van der Waals surface area contributed by atoms with E-state index >= 15 is 0 Å². The van der Waals surface area contributed by atoms with Gasteiger partial charge in [-0.2, -0.15) is 0 Å². The van der Waals surface area contributed by atoms with Crippen molar-refractivity contribution in [3.63, 3.8) is 0 Å². The standard InChI is InChI=1S/C17H17Cl2N3O2/c18-12-5-6-16(13(19)11-12)24-10-8-22-15-4-2-1-3-14(15)21(7-9-23)17(22)20/h1-6,11,20,23H,7-10H2/p+1. The summed E-state index contributed by atoms with van der Waals surface area (Å²) in [6.45, 7) is 1.44. The van der Waals surface area contributed by atoms with Crippen molar-refractivity contribution in [2.24, 2.45) is 0 Å². The highest BCUT2D eigenvalue weighted by Gasteiger charge is 2.20. The average molecular weight is 367 g/mol. The van der Waals surface area contributed by atoms with Gasteiger partial charge in [-0.25, -0.2) is 9.13 Å². The van der Waals surface area contributed by atoms with Crippen LogP contribution in [0.15, 0.2) is 42.5 Å². The smallest absolute Gasteiger partial charge is 0.356 e. The molecule has 0 saturated carbocycles.